The molecule has 1 aromatic rings. The van der Waals surface area contributed by atoms with E-state index in [9.17, 15) is 9.18 Å². The quantitative estimate of drug-likeness (QED) is 0.865. The lowest BCUT2D eigenvalue weighted by Crippen LogP contribution is -2.35. The summed E-state index contributed by atoms with van der Waals surface area (Å²) in [5.41, 5.74) is 5.84. The Kier molecular flexibility index (Phi) is 4.45. The highest BCUT2D eigenvalue weighted by Gasteiger charge is 2.20. The van der Waals surface area contributed by atoms with Gasteiger partial charge in [-0.15, -0.1) is 0 Å². The van der Waals surface area contributed by atoms with Crippen LogP contribution in [-0.4, -0.2) is 26.6 Å². The Bertz CT molecular complexity index is 409. The van der Waals surface area contributed by atoms with E-state index in [0.717, 1.165) is 0 Å². The highest BCUT2D eigenvalue weighted by atomic mass is 19.1. The van der Waals surface area contributed by atoms with Gasteiger partial charge in [0.25, 0.3) is 0 Å². The molecule has 1 unspecified atom stereocenters. The number of carbonyl (C=O) groups excluding carboxylic acids is 1. The van der Waals surface area contributed by atoms with Crippen molar-refractivity contribution in [3.63, 3.8) is 0 Å². The van der Waals surface area contributed by atoms with E-state index in [1.54, 1.807) is 14.0 Å². The standard InChI is InChI=1S/C12H17FN2O2/c1-8(7-14)12(16)15(2)10-6-9(13)4-5-11(10)17-3/h4-6,8H,7,14H2,1-3H3. The molecule has 5 heteroatoms. The van der Waals surface area contributed by atoms with Crippen molar-refractivity contribution in [1.29, 1.82) is 0 Å². The van der Waals surface area contributed by atoms with E-state index < -0.39 is 5.82 Å². The van der Waals surface area contributed by atoms with Crippen molar-refractivity contribution in [1.82, 2.24) is 0 Å². The molecule has 1 amide bonds. The minimum Gasteiger partial charge on any atom is -0.495 e. The number of halogens is 1. The van der Waals surface area contributed by atoms with E-state index >= 15 is 0 Å². The topological polar surface area (TPSA) is 55.6 Å². The number of carbonyl (C=O) groups is 1. The van der Waals surface area contributed by atoms with Gasteiger partial charge in [-0.05, 0) is 12.1 Å². The maximum atomic E-state index is 13.2. The second kappa shape index (κ2) is 5.63. The van der Waals surface area contributed by atoms with Crippen LogP contribution >= 0.6 is 0 Å². The molecule has 0 aliphatic rings. The summed E-state index contributed by atoms with van der Waals surface area (Å²) in [6, 6.07) is 4.04. The first-order chi connectivity index (χ1) is 8.01. The Balaban J connectivity index is 3.06. The summed E-state index contributed by atoms with van der Waals surface area (Å²) in [4.78, 5) is 13.3. The van der Waals surface area contributed by atoms with Crippen molar-refractivity contribution in [2.24, 2.45) is 11.7 Å². The molecular weight excluding hydrogens is 223 g/mol. The lowest BCUT2D eigenvalue weighted by Gasteiger charge is -2.22. The summed E-state index contributed by atoms with van der Waals surface area (Å²) in [6.07, 6.45) is 0. The van der Waals surface area contributed by atoms with Crippen LogP contribution in [0.4, 0.5) is 10.1 Å². The molecule has 1 atom stereocenters. The highest BCUT2D eigenvalue weighted by Crippen LogP contribution is 2.28. The molecule has 17 heavy (non-hydrogen) atoms. The van der Waals surface area contributed by atoms with Gasteiger partial charge in [-0.2, -0.15) is 0 Å². The van der Waals surface area contributed by atoms with Gasteiger partial charge in [0, 0.05) is 25.6 Å². The van der Waals surface area contributed by atoms with Gasteiger partial charge in [0.2, 0.25) is 5.91 Å². The van der Waals surface area contributed by atoms with E-state index in [-0.39, 0.29) is 18.4 Å². The van der Waals surface area contributed by atoms with Gasteiger partial charge in [-0.1, -0.05) is 6.92 Å². The van der Waals surface area contributed by atoms with E-state index in [0.29, 0.717) is 11.4 Å². The number of ether oxygens (including phenoxy) is 1. The summed E-state index contributed by atoms with van der Waals surface area (Å²) >= 11 is 0. The van der Waals surface area contributed by atoms with Crippen molar-refractivity contribution in [3.8, 4) is 5.75 Å². The first-order valence-corrected chi connectivity index (χ1v) is 5.32. The summed E-state index contributed by atoms with van der Waals surface area (Å²) in [5.74, 6) is -0.448. The predicted molar refractivity (Wildman–Crippen MR) is 64.6 cm³/mol. The second-order valence-electron chi connectivity index (χ2n) is 3.85. The molecule has 0 fully saturated rings. The van der Waals surface area contributed by atoms with E-state index in [1.807, 2.05) is 0 Å². The van der Waals surface area contributed by atoms with Crippen molar-refractivity contribution < 1.29 is 13.9 Å². The summed E-state index contributed by atoms with van der Waals surface area (Å²) < 4.78 is 18.3. The zero-order valence-corrected chi connectivity index (χ0v) is 10.2. The Morgan fingerprint density at radius 2 is 2.24 bits per heavy atom. The number of nitrogens with zero attached hydrogens (tertiary/aromatic N) is 1. The molecule has 0 saturated carbocycles. The second-order valence-corrected chi connectivity index (χ2v) is 3.85. The van der Waals surface area contributed by atoms with E-state index in [4.69, 9.17) is 10.5 Å². The molecule has 94 valence electrons. The molecule has 0 radical (unpaired) electrons. The van der Waals surface area contributed by atoms with Gasteiger partial charge >= 0.3 is 0 Å². The van der Waals surface area contributed by atoms with Crippen LogP contribution in [0.2, 0.25) is 0 Å². The zero-order chi connectivity index (χ0) is 13.0. The van der Waals surface area contributed by atoms with Crippen molar-refractivity contribution in [2.75, 3.05) is 25.6 Å². The Hall–Kier alpha value is -1.62. The minimum atomic E-state index is -0.416. The van der Waals surface area contributed by atoms with Gasteiger partial charge in [0.05, 0.1) is 12.8 Å². The Morgan fingerprint density at radius 3 is 2.76 bits per heavy atom. The number of hydrogen-bond acceptors (Lipinski definition) is 3. The number of amides is 1. The summed E-state index contributed by atoms with van der Waals surface area (Å²) in [7, 11) is 3.05. The van der Waals surface area contributed by atoms with Crippen molar-refractivity contribution >= 4 is 11.6 Å². The van der Waals surface area contributed by atoms with E-state index in [2.05, 4.69) is 0 Å². The SMILES string of the molecule is COc1ccc(F)cc1N(C)C(=O)C(C)CN. The van der Waals surface area contributed by atoms with Crippen LogP contribution in [0.25, 0.3) is 0 Å². The molecule has 0 bridgehead atoms. The molecule has 0 spiro atoms. The fraction of sp³-hybridized carbons (Fsp3) is 0.417. The molecule has 0 saturated heterocycles. The number of anilines is 1. The lowest BCUT2D eigenvalue weighted by atomic mass is 10.1. The fourth-order valence-electron chi connectivity index (χ4n) is 1.48. The normalized spacial score (nSPS) is 12.1. The lowest BCUT2D eigenvalue weighted by molar-refractivity contribution is -0.121. The van der Waals surface area contributed by atoms with Crippen LogP contribution in [0, 0.1) is 11.7 Å². The van der Waals surface area contributed by atoms with Gasteiger partial charge in [0.1, 0.15) is 11.6 Å². The smallest absolute Gasteiger partial charge is 0.230 e. The molecule has 0 aliphatic heterocycles. The van der Waals surface area contributed by atoms with Crippen LogP contribution in [0.3, 0.4) is 0 Å². The minimum absolute atomic E-state index is 0.170. The Morgan fingerprint density at radius 1 is 1.59 bits per heavy atom. The van der Waals surface area contributed by atoms with Crippen LogP contribution in [0.1, 0.15) is 6.92 Å². The molecule has 1 rings (SSSR count). The zero-order valence-electron chi connectivity index (χ0n) is 10.2. The molecule has 2 N–H and O–H groups in total. The number of benzene rings is 1. The largest absolute Gasteiger partial charge is 0.495 e. The maximum Gasteiger partial charge on any atom is 0.230 e. The molecule has 4 nitrogen and oxygen atoms in total. The molecular formula is C12H17FN2O2. The van der Waals surface area contributed by atoms with Crippen LogP contribution in [-0.2, 0) is 4.79 Å². The first kappa shape index (κ1) is 13.4. The van der Waals surface area contributed by atoms with Gasteiger partial charge < -0.3 is 15.4 Å². The average molecular weight is 240 g/mol. The summed E-state index contributed by atoms with van der Waals surface area (Å²) in [6.45, 7) is 1.98. The first-order valence-electron chi connectivity index (χ1n) is 5.32. The number of hydrogen-bond donors (Lipinski definition) is 1. The fourth-order valence-corrected chi connectivity index (χ4v) is 1.48. The maximum absolute atomic E-state index is 13.2. The van der Waals surface area contributed by atoms with Crippen LogP contribution in [0.5, 0.6) is 5.75 Å². The van der Waals surface area contributed by atoms with Crippen LogP contribution in [0.15, 0.2) is 18.2 Å². The molecule has 0 aliphatic carbocycles. The predicted octanol–water partition coefficient (Wildman–Crippen LogP) is 1.39. The number of nitrogens with two attached hydrogens (primary N) is 1. The molecule has 0 heterocycles. The van der Waals surface area contributed by atoms with Gasteiger partial charge in [-0.25, -0.2) is 4.39 Å². The monoisotopic (exact) mass is 240 g/mol. The molecule has 0 aromatic heterocycles. The van der Waals surface area contributed by atoms with E-state index in [1.165, 1.54) is 30.2 Å². The summed E-state index contributed by atoms with van der Waals surface area (Å²) in [5, 5.41) is 0. The van der Waals surface area contributed by atoms with Crippen molar-refractivity contribution in [2.45, 2.75) is 6.92 Å². The number of rotatable bonds is 4. The Labute approximate surface area is 100 Å². The molecule has 1 aromatic carbocycles. The van der Waals surface area contributed by atoms with Gasteiger partial charge in [-0.3, -0.25) is 4.79 Å². The van der Waals surface area contributed by atoms with Crippen molar-refractivity contribution in [3.05, 3.63) is 24.0 Å². The van der Waals surface area contributed by atoms with Gasteiger partial charge in [0.15, 0.2) is 0 Å². The third kappa shape index (κ3) is 2.94. The average Bonchev–Trinajstić information content (AvgIpc) is 2.35. The third-order valence-corrected chi connectivity index (χ3v) is 2.61. The third-order valence-electron chi connectivity index (χ3n) is 2.61. The highest BCUT2D eigenvalue weighted by molar-refractivity contribution is 5.95. The van der Waals surface area contributed by atoms with Crippen LogP contribution < -0.4 is 15.4 Å². The number of methoxy groups -OCH3 is 1.